The van der Waals surface area contributed by atoms with E-state index >= 15 is 0 Å². The van der Waals surface area contributed by atoms with Crippen LogP contribution >= 0.6 is 0 Å². The average molecular weight is 1070 g/mol. The van der Waals surface area contributed by atoms with Crippen LogP contribution in [0.5, 0.6) is 0 Å². The molecule has 0 aromatic rings. The fraction of sp³-hybridized carbons (Fsp3) is 0.915. The van der Waals surface area contributed by atoms with Crippen LogP contribution in [0.4, 0.5) is 0 Å². The van der Waals surface area contributed by atoms with Gasteiger partial charge in [0.1, 0.15) is 6.61 Å². The zero-order chi connectivity index (χ0) is 54.8. The zero-order valence-corrected chi connectivity index (χ0v) is 51.8. The Morgan fingerprint density at radius 1 is 0.303 bits per heavy atom. The summed E-state index contributed by atoms with van der Waals surface area (Å²) in [5.74, 6) is -0.562. The van der Waals surface area contributed by atoms with Crippen molar-refractivity contribution in [1.29, 1.82) is 0 Å². The van der Waals surface area contributed by atoms with Crippen LogP contribution in [0.15, 0.2) is 24.3 Å². The van der Waals surface area contributed by atoms with E-state index in [4.69, 9.17) is 9.47 Å². The van der Waals surface area contributed by atoms with E-state index in [-0.39, 0.29) is 25.2 Å². The maximum absolute atomic E-state index is 12.4. The highest BCUT2D eigenvalue weighted by molar-refractivity contribution is 5.70. The third-order valence-corrected chi connectivity index (χ3v) is 16.2. The topological polar surface area (TPSA) is 72.8 Å². The van der Waals surface area contributed by atoms with E-state index in [0.29, 0.717) is 12.8 Å². The predicted molar refractivity (Wildman–Crippen MR) is 335 cm³/mol. The molecule has 76 heavy (non-hydrogen) atoms. The Balaban J connectivity index is 3.37. The zero-order valence-electron chi connectivity index (χ0n) is 51.8. The van der Waals surface area contributed by atoms with Crippen LogP contribution in [0.3, 0.4) is 0 Å². The summed E-state index contributed by atoms with van der Waals surface area (Å²) in [6.45, 7) is 4.20. The second kappa shape index (κ2) is 67.7. The van der Waals surface area contributed by atoms with Gasteiger partial charge in [-0.25, -0.2) is 0 Å². The van der Waals surface area contributed by atoms with Gasteiger partial charge < -0.3 is 14.6 Å². The third-order valence-electron chi connectivity index (χ3n) is 16.2. The van der Waals surface area contributed by atoms with Crippen molar-refractivity contribution in [3.63, 3.8) is 0 Å². The van der Waals surface area contributed by atoms with Crippen molar-refractivity contribution < 1.29 is 24.2 Å². The highest BCUT2D eigenvalue weighted by atomic mass is 16.6. The van der Waals surface area contributed by atoms with Crippen molar-refractivity contribution in [2.45, 2.75) is 405 Å². The Labute approximate surface area is 476 Å². The van der Waals surface area contributed by atoms with E-state index in [9.17, 15) is 14.7 Å². The number of unbranched alkanes of at least 4 members (excludes halogenated alkanes) is 54. The monoisotopic (exact) mass is 1070 g/mol. The van der Waals surface area contributed by atoms with Gasteiger partial charge in [0.05, 0.1) is 6.61 Å². The lowest BCUT2D eigenvalue weighted by atomic mass is 10.0. The van der Waals surface area contributed by atoms with Crippen LogP contribution in [0.1, 0.15) is 399 Å². The quantitative estimate of drug-likeness (QED) is 0.0373. The van der Waals surface area contributed by atoms with Crippen LogP contribution in [0.2, 0.25) is 0 Å². The van der Waals surface area contributed by atoms with E-state index in [1.165, 1.54) is 334 Å². The van der Waals surface area contributed by atoms with Crippen molar-refractivity contribution in [1.82, 2.24) is 0 Å². The molecule has 0 saturated heterocycles. The van der Waals surface area contributed by atoms with Crippen LogP contribution in [0.25, 0.3) is 0 Å². The Kier molecular flexibility index (Phi) is 66.2. The standard InChI is InChI=1S/C71H136O5/c1-3-5-7-9-11-13-15-17-19-21-23-25-27-29-31-32-33-34-35-36-37-38-40-42-44-46-48-50-52-54-56-58-60-62-64-66-71(74)76-69(67-72)68-75-70(73)65-63-61-59-57-55-53-51-49-47-45-43-41-39-30-28-26-24-22-20-18-16-14-12-10-8-6-4-2/h15,17,21,23,69,72H,3-14,16,18-20,22,24-68H2,1-2H3/b17-15-,23-21-. The first kappa shape index (κ1) is 74.4. The highest BCUT2D eigenvalue weighted by Crippen LogP contribution is 2.19. The summed E-state index contributed by atoms with van der Waals surface area (Å²) in [4.78, 5) is 24.6. The van der Waals surface area contributed by atoms with Crippen LogP contribution in [-0.4, -0.2) is 36.4 Å². The van der Waals surface area contributed by atoms with Crippen molar-refractivity contribution >= 4 is 11.9 Å². The molecule has 0 aromatic carbocycles. The van der Waals surface area contributed by atoms with Crippen LogP contribution in [-0.2, 0) is 19.1 Å². The molecule has 450 valence electrons. The molecule has 0 rings (SSSR count). The van der Waals surface area contributed by atoms with Crippen molar-refractivity contribution in [3.05, 3.63) is 24.3 Å². The van der Waals surface area contributed by atoms with Gasteiger partial charge in [-0.3, -0.25) is 9.59 Å². The molecule has 0 bridgehead atoms. The molecule has 1 unspecified atom stereocenters. The normalized spacial score (nSPS) is 12.2. The van der Waals surface area contributed by atoms with Crippen molar-refractivity contribution in [2.24, 2.45) is 0 Å². The first-order valence-electron chi connectivity index (χ1n) is 34.9. The summed E-state index contributed by atoms with van der Waals surface area (Å²) in [7, 11) is 0. The van der Waals surface area contributed by atoms with Gasteiger partial charge in [0.2, 0.25) is 0 Å². The summed E-state index contributed by atoms with van der Waals surface area (Å²) < 4.78 is 10.8. The lowest BCUT2D eigenvalue weighted by Crippen LogP contribution is -2.28. The molecule has 0 fully saturated rings. The molecule has 0 heterocycles. The number of hydrogen-bond acceptors (Lipinski definition) is 5. The molecular formula is C71H136O5. The van der Waals surface area contributed by atoms with Gasteiger partial charge >= 0.3 is 11.9 Å². The number of allylic oxidation sites excluding steroid dienone is 4. The molecule has 0 aliphatic heterocycles. The second-order valence-corrected chi connectivity index (χ2v) is 24.0. The number of esters is 2. The van der Waals surface area contributed by atoms with Gasteiger partial charge in [0.25, 0.3) is 0 Å². The Hall–Kier alpha value is -1.62. The molecule has 0 amide bonds. The van der Waals surface area contributed by atoms with Crippen molar-refractivity contribution in [2.75, 3.05) is 13.2 Å². The fourth-order valence-corrected chi connectivity index (χ4v) is 11.0. The number of rotatable bonds is 66. The maximum Gasteiger partial charge on any atom is 0.306 e. The minimum absolute atomic E-state index is 0.0572. The van der Waals surface area contributed by atoms with Crippen LogP contribution in [0, 0.1) is 0 Å². The number of carbonyl (C=O) groups excluding carboxylic acids is 2. The molecule has 0 radical (unpaired) electrons. The van der Waals surface area contributed by atoms with Gasteiger partial charge in [-0.15, -0.1) is 0 Å². The molecule has 1 atom stereocenters. The van der Waals surface area contributed by atoms with E-state index in [1.54, 1.807) is 0 Å². The number of aliphatic hydroxyl groups excluding tert-OH is 1. The first-order chi connectivity index (χ1) is 37.6. The lowest BCUT2D eigenvalue weighted by molar-refractivity contribution is -0.161. The molecule has 0 spiro atoms. The number of carbonyl (C=O) groups is 2. The van der Waals surface area contributed by atoms with Gasteiger partial charge in [-0.05, 0) is 44.9 Å². The average Bonchev–Trinajstić information content (AvgIpc) is 3.42. The summed E-state index contributed by atoms with van der Waals surface area (Å²) in [6.07, 6.45) is 87.9. The maximum atomic E-state index is 12.4. The van der Waals surface area contributed by atoms with Gasteiger partial charge in [-0.2, -0.15) is 0 Å². The molecular weight excluding hydrogens is 933 g/mol. The molecule has 0 saturated carbocycles. The molecule has 0 aromatic heterocycles. The fourth-order valence-electron chi connectivity index (χ4n) is 11.0. The Morgan fingerprint density at radius 2 is 0.526 bits per heavy atom. The van der Waals surface area contributed by atoms with Gasteiger partial charge in [0, 0.05) is 12.8 Å². The Morgan fingerprint density at radius 3 is 0.776 bits per heavy atom. The minimum atomic E-state index is -0.768. The third kappa shape index (κ3) is 64.9. The minimum Gasteiger partial charge on any atom is -0.462 e. The van der Waals surface area contributed by atoms with E-state index in [2.05, 4.69) is 38.2 Å². The summed E-state index contributed by atoms with van der Waals surface area (Å²) in [6, 6.07) is 0. The van der Waals surface area contributed by atoms with E-state index < -0.39 is 6.10 Å². The van der Waals surface area contributed by atoms with E-state index in [1.807, 2.05) is 0 Å². The summed E-state index contributed by atoms with van der Waals surface area (Å²) in [5.41, 5.74) is 0. The molecule has 1 N–H and O–H groups in total. The molecule has 5 nitrogen and oxygen atoms in total. The molecule has 0 aliphatic carbocycles. The smallest absolute Gasteiger partial charge is 0.306 e. The number of hydrogen-bond donors (Lipinski definition) is 1. The Bertz CT molecular complexity index is 1160. The predicted octanol–water partition coefficient (Wildman–Crippen LogP) is 24.0. The number of ether oxygens (including phenoxy) is 2. The first-order valence-corrected chi connectivity index (χ1v) is 34.9. The lowest BCUT2D eigenvalue weighted by Gasteiger charge is -2.15. The SMILES string of the molecule is CCCCCCC/C=C\C/C=C\CCCCCCCCCCCCCCCCCCCCCCCCCC(=O)OC(CO)COC(=O)CCCCCCCCCCCCCCCCCCCCCCCCCCCCC. The van der Waals surface area contributed by atoms with Gasteiger partial charge in [0.15, 0.2) is 6.10 Å². The highest BCUT2D eigenvalue weighted by Gasteiger charge is 2.16. The van der Waals surface area contributed by atoms with Gasteiger partial charge in [-0.1, -0.05) is 366 Å². The largest absolute Gasteiger partial charge is 0.462 e. The summed E-state index contributed by atoms with van der Waals surface area (Å²) in [5, 5.41) is 9.70. The van der Waals surface area contributed by atoms with Crippen LogP contribution < -0.4 is 0 Å². The second-order valence-electron chi connectivity index (χ2n) is 24.0. The number of aliphatic hydroxyl groups is 1. The molecule has 0 aliphatic rings. The van der Waals surface area contributed by atoms with E-state index in [0.717, 1.165) is 38.5 Å². The van der Waals surface area contributed by atoms with Crippen molar-refractivity contribution in [3.8, 4) is 0 Å². The summed E-state index contributed by atoms with van der Waals surface area (Å²) >= 11 is 0. The molecule has 5 heteroatoms.